The van der Waals surface area contributed by atoms with Gasteiger partial charge in [-0.15, -0.1) is 0 Å². The molecular formula is C21H26O4. The van der Waals surface area contributed by atoms with Crippen LogP contribution in [0.1, 0.15) is 39.2 Å². The van der Waals surface area contributed by atoms with Crippen LogP contribution in [0.3, 0.4) is 0 Å². The zero-order valence-electron chi connectivity index (χ0n) is 15.2. The van der Waals surface area contributed by atoms with Gasteiger partial charge in [0.1, 0.15) is 12.4 Å². The van der Waals surface area contributed by atoms with Gasteiger partial charge in [-0.05, 0) is 54.8 Å². The zero-order chi connectivity index (χ0) is 18.2. The molecule has 1 atom stereocenters. The van der Waals surface area contributed by atoms with E-state index in [0.717, 1.165) is 34.9 Å². The topological polar surface area (TPSA) is 44.8 Å². The van der Waals surface area contributed by atoms with Crippen LogP contribution in [0.4, 0.5) is 0 Å². The first kappa shape index (κ1) is 19.0. The number of ether oxygens (including phenoxy) is 3. The fourth-order valence-electron chi connectivity index (χ4n) is 2.33. The third-order valence-corrected chi connectivity index (χ3v) is 3.75. The number of esters is 1. The van der Waals surface area contributed by atoms with E-state index < -0.39 is 0 Å². The average molecular weight is 342 g/mol. The molecular weight excluding hydrogens is 316 g/mol. The highest BCUT2D eigenvalue weighted by Gasteiger charge is 2.07. The van der Waals surface area contributed by atoms with E-state index in [1.54, 1.807) is 6.92 Å². The van der Waals surface area contributed by atoms with Gasteiger partial charge in [0, 0.05) is 5.57 Å². The molecule has 0 aliphatic rings. The van der Waals surface area contributed by atoms with Crippen molar-refractivity contribution in [2.75, 3.05) is 6.61 Å². The second-order valence-corrected chi connectivity index (χ2v) is 6.11. The highest BCUT2D eigenvalue weighted by atomic mass is 16.7. The van der Waals surface area contributed by atoms with Crippen molar-refractivity contribution in [1.29, 1.82) is 0 Å². The summed E-state index contributed by atoms with van der Waals surface area (Å²) in [5.41, 5.74) is 1.34. The van der Waals surface area contributed by atoms with E-state index in [9.17, 15) is 4.79 Å². The van der Waals surface area contributed by atoms with Crippen LogP contribution < -0.4 is 4.74 Å². The maximum absolute atomic E-state index is 11.5. The van der Waals surface area contributed by atoms with Gasteiger partial charge in [0.15, 0.2) is 6.29 Å². The summed E-state index contributed by atoms with van der Waals surface area (Å²) in [6.07, 6.45) is 1.86. The van der Waals surface area contributed by atoms with Crippen LogP contribution in [0.15, 0.2) is 48.6 Å². The maximum Gasteiger partial charge on any atom is 0.333 e. The van der Waals surface area contributed by atoms with Crippen molar-refractivity contribution >= 4 is 16.7 Å². The molecule has 0 saturated carbocycles. The van der Waals surface area contributed by atoms with Gasteiger partial charge in [0.05, 0.1) is 6.61 Å². The Kier molecular flexibility index (Phi) is 7.02. The van der Waals surface area contributed by atoms with Gasteiger partial charge in [0.2, 0.25) is 0 Å². The standard InChI is InChI=1S/C21H26O4/c1-5-6-11-23-16(4)25-20-10-9-18-12-17(7-8-19(18)13-20)14-24-21(22)15(2)3/h7-10,12-13,16H,2,5-6,11,14H2,1,3-4H3. The Morgan fingerprint density at radius 1 is 1.16 bits per heavy atom. The molecule has 0 fully saturated rings. The molecule has 0 aliphatic heterocycles. The number of carbonyl (C=O) groups excluding carboxylic acids is 1. The number of hydrogen-bond donors (Lipinski definition) is 0. The molecule has 0 spiro atoms. The number of unbranched alkanes of at least 4 members (excludes halogenated alkanes) is 1. The molecule has 2 aromatic carbocycles. The van der Waals surface area contributed by atoms with E-state index in [4.69, 9.17) is 14.2 Å². The van der Waals surface area contributed by atoms with Crippen molar-refractivity contribution in [2.24, 2.45) is 0 Å². The number of carbonyl (C=O) groups is 1. The largest absolute Gasteiger partial charge is 0.465 e. The lowest BCUT2D eigenvalue weighted by Gasteiger charge is -2.15. The molecule has 1 unspecified atom stereocenters. The van der Waals surface area contributed by atoms with E-state index in [2.05, 4.69) is 13.5 Å². The van der Waals surface area contributed by atoms with Crippen LogP contribution in [0.5, 0.6) is 5.75 Å². The van der Waals surface area contributed by atoms with Crippen molar-refractivity contribution in [3.8, 4) is 5.75 Å². The first-order valence-electron chi connectivity index (χ1n) is 8.63. The third-order valence-electron chi connectivity index (χ3n) is 3.75. The minimum Gasteiger partial charge on any atom is -0.465 e. The predicted octanol–water partition coefficient (Wildman–Crippen LogP) is 5.00. The van der Waals surface area contributed by atoms with E-state index >= 15 is 0 Å². The predicted molar refractivity (Wildman–Crippen MR) is 99.5 cm³/mol. The first-order valence-corrected chi connectivity index (χ1v) is 8.63. The van der Waals surface area contributed by atoms with Crippen LogP contribution in [0.2, 0.25) is 0 Å². The highest BCUT2D eigenvalue weighted by Crippen LogP contribution is 2.23. The molecule has 2 aromatic rings. The molecule has 0 aromatic heterocycles. The van der Waals surface area contributed by atoms with Crippen LogP contribution in [-0.2, 0) is 20.9 Å². The van der Waals surface area contributed by atoms with Gasteiger partial charge in [-0.2, -0.15) is 0 Å². The Hall–Kier alpha value is -2.33. The fourth-order valence-corrected chi connectivity index (χ4v) is 2.33. The number of fused-ring (bicyclic) bond motifs is 1. The summed E-state index contributed by atoms with van der Waals surface area (Å²) in [5.74, 6) is 0.402. The summed E-state index contributed by atoms with van der Waals surface area (Å²) < 4.78 is 16.6. The van der Waals surface area contributed by atoms with Crippen molar-refractivity contribution in [2.45, 2.75) is 46.5 Å². The summed E-state index contributed by atoms with van der Waals surface area (Å²) in [6, 6.07) is 11.8. The van der Waals surface area contributed by atoms with Gasteiger partial charge in [0.25, 0.3) is 0 Å². The Balaban J connectivity index is 2.00. The molecule has 134 valence electrons. The molecule has 2 rings (SSSR count). The van der Waals surface area contributed by atoms with Crippen molar-refractivity contribution in [1.82, 2.24) is 0 Å². The van der Waals surface area contributed by atoms with Crippen LogP contribution in [0, 0.1) is 0 Å². The first-order chi connectivity index (χ1) is 12.0. The minimum absolute atomic E-state index is 0.238. The smallest absolute Gasteiger partial charge is 0.333 e. The lowest BCUT2D eigenvalue weighted by Crippen LogP contribution is -2.16. The monoisotopic (exact) mass is 342 g/mol. The van der Waals surface area contributed by atoms with E-state index in [-0.39, 0.29) is 18.9 Å². The van der Waals surface area contributed by atoms with Crippen molar-refractivity contribution in [3.63, 3.8) is 0 Å². The number of hydrogen-bond acceptors (Lipinski definition) is 4. The Bertz CT molecular complexity index is 736. The summed E-state index contributed by atoms with van der Waals surface area (Å²) in [6.45, 7) is 10.2. The molecule has 0 heterocycles. The number of rotatable bonds is 9. The van der Waals surface area contributed by atoms with Crippen LogP contribution >= 0.6 is 0 Å². The van der Waals surface area contributed by atoms with E-state index in [1.807, 2.05) is 43.3 Å². The minimum atomic E-state index is -0.374. The lowest BCUT2D eigenvalue weighted by atomic mass is 10.1. The van der Waals surface area contributed by atoms with Gasteiger partial charge >= 0.3 is 5.97 Å². The van der Waals surface area contributed by atoms with E-state index in [0.29, 0.717) is 12.2 Å². The average Bonchev–Trinajstić information content (AvgIpc) is 2.59. The van der Waals surface area contributed by atoms with Gasteiger partial charge in [-0.25, -0.2) is 4.79 Å². The molecule has 0 N–H and O–H groups in total. The molecule has 25 heavy (non-hydrogen) atoms. The van der Waals surface area contributed by atoms with Gasteiger partial charge in [-0.3, -0.25) is 0 Å². The van der Waals surface area contributed by atoms with Gasteiger partial charge in [-0.1, -0.05) is 38.1 Å². The lowest BCUT2D eigenvalue weighted by molar-refractivity contribution is -0.140. The zero-order valence-corrected chi connectivity index (χ0v) is 15.2. The molecule has 4 nitrogen and oxygen atoms in total. The highest BCUT2D eigenvalue weighted by molar-refractivity contribution is 5.87. The van der Waals surface area contributed by atoms with Crippen molar-refractivity contribution < 1.29 is 19.0 Å². The Labute approximate surface area is 149 Å². The molecule has 0 saturated heterocycles. The Morgan fingerprint density at radius 3 is 2.60 bits per heavy atom. The molecule has 0 aliphatic carbocycles. The molecule has 0 amide bonds. The van der Waals surface area contributed by atoms with Crippen LogP contribution in [0.25, 0.3) is 10.8 Å². The molecule has 4 heteroatoms. The number of benzene rings is 2. The summed E-state index contributed by atoms with van der Waals surface area (Å²) in [7, 11) is 0. The summed E-state index contributed by atoms with van der Waals surface area (Å²) in [5, 5.41) is 2.13. The summed E-state index contributed by atoms with van der Waals surface area (Å²) in [4.78, 5) is 11.5. The second kappa shape index (κ2) is 9.23. The van der Waals surface area contributed by atoms with Crippen molar-refractivity contribution in [3.05, 3.63) is 54.1 Å². The third kappa shape index (κ3) is 5.91. The second-order valence-electron chi connectivity index (χ2n) is 6.11. The molecule has 0 radical (unpaired) electrons. The maximum atomic E-state index is 11.5. The quantitative estimate of drug-likeness (QED) is 0.278. The van der Waals surface area contributed by atoms with Gasteiger partial charge < -0.3 is 14.2 Å². The Morgan fingerprint density at radius 2 is 1.88 bits per heavy atom. The van der Waals surface area contributed by atoms with Crippen LogP contribution in [-0.4, -0.2) is 18.9 Å². The normalized spacial score (nSPS) is 12.0. The SMILES string of the molecule is C=C(C)C(=O)OCc1ccc2cc(OC(C)OCCCC)ccc2c1. The fraction of sp³-hybridized carbons (Fsp3) is 0.381. The summed E-state index contributed by atoms with van der Waals surface area (Å²) >= 11 is 0. The molecule has 0 bridgehead atoms. The van der Waals surface area contributed by atoms with E-state index in [1.165, 1.54) is 0 Å².